The SMILES string of the molecule is OC[C@H]1O[C@@H](c2ccc3c(Cc4ccc(-c5ccoc5)cc4)nccc3c2)[C@H](O)[C@@H](O)[C@@H]1O. The molecule has 4 aromatic rings. The number of rotatable bonds is 5. The van der Waals surface area contributed by atoms with E-state index in [1.54, 1.807) is 18.7 Å². The predicted octanol–water partition coefficient (Wildman–Crippen LogP) is 2.60. The fourth-order valence-electron chi connectivity index (χ4n) is 4.39. The molecule has 170 valence electrons. The van der Waals surface area contributed by atoms with Crippen LogP contribution in [0.4, 0.5) is 0 Å². The van der Waals surface area contributed by atoms with Crippen LogP contribution < -0.4 is 0 Å². The smallest absolute Gasteiger partial charge is 0.113 e. The Morgan fingerprint density at radius 1 is 0.848 bits per heavy atom. The molecule has 4 N–H and O–H groups in total. The van der Waals surface area contributed by atoms with Crippen molar-refractivity contribution in [2.75, 3.05) is 6.61 Å². The number of hydrogen-bond donors (Lipinski definition) is 4. The number of furan rings is 1. The second-order valence-corrected chi connectivity index (χ2v) is 8.37. The number of nitrogens with zero attached hydrogens (tertiary/aromatic N) is 1. The van der Waals surface area contributed by atoms with Crippen molar-refractivity contribution in [3.05, 3.63) is 90.1 Å². The Labute approximate surface area is 190 Å². The zero-order chi connectivity index (χ0) is 22.9. The van der Waals surface area contributed by atoms with Gasteiger partial charge in [-0.1, -0.05) is 36.4 Å². The van der Waals surface area contributed by atoms with Crippen molar-refractivity contribution in [3.8, 4) is 11.1 Å². The minimum Gasteiger partial charge on any atom is -0.472 e. The number of hydrogen-bond acceptors (Lipinski definition) is 7. The number of aliphatic hydroxyl groups excluding tert-OH is 4. The number of aliphatic hydroxyl groups is 4. The summed E-state index contributed by atoms with van der Waals surface area (Å²) in [6.45, 7) is -0.456. The van der Waals surface area contributed by atoms with Crippen molar-refractivity contribution in [2.24, 2.45) is 0 Å². The number of fused-ring (bicyclic) bond motifs is 1. The van der Waals surface area contributed by atoms with E-state index in [1.165, 1.54) is 0 Å². The van der Waals surface area contributed by atoms with E-state index in [-0.39, 0.29) is 0 Å². The van der Waals surface area contributed by atoms with Crippen LogP contribution in [0.5, 0.6) is 0 Å². The Kier molecular flexibility index (Phi) is 5.97. The summed E-state index contributed by atoms with van der Waals surface area (Å²) in [6.07, 6.45) is -0.131. The lowest BCUT2D eigenvalue weighted by Crippen LogP contribution is -2.55. The first-order valence-electron chi connectivity index (χ1n) is 10.8. The summed E-state index contributed by atoms with van der Waals surface area (Å²) in [6, 6.07) is 17.7. The molecule has 1 aliphatic heterocycles. The lowest BCUT2D eigenvalue weighted by molar-refractivity contribution is -0.231. The van der Waals surface area contributed by atoms with Crippen LogP contribution in [-0.4, -0.2) is 56.4 Å². The second kappa shape index (κ2) is 9.05. The third-order valence-electron chi connectivity index (χ3n) is 6.27. The largest absolute Gasteiger partial charge is 0.472 e. The van der Waals surface area contributed by atoms with Crippen LogP contribution in [-0.2, 0) is 11.2 Å². The van der Waals surface area contributed by atoms with Gasteiger partial charge in [-0.15, -0.1) is 0 Å². The van der Waals surface area contributed by atoms with Gasteiger partial charge in [0.05, 0.1) is 24.8 Å². The Morgan fingerprint density at radius 3 is 2.39 bits per heavy atom. The van der Waals surface area contributed by atoms with Gasteiger partial charge < -0.3 is 29.6 Å². The van der Waals surface area contributed by atoms with Crippen LogP contribution in [0.15, 0.2) is 77.7 Å². The molecule has 2 aromatic carbocycles. The van der Waals surface area contributed by atoms with Crippen LogP contribution in [0.3, 0.4) is 0 Å². The van der Waals surface area contributed by atoms with E-state index in [0.29, 0.717) is 12.0 Å². The van der Waals surface area contributed by atoms with Gasteiger partial charge in [0.25, 0.3) is 0 Å². The Hall–Kier alpha value is -3.07. The molecule has 2 aromatic heterocycles. The Balaban J connectivity index is 1.41. The zero-order valence-corrected chi connectivity index (χ0v) is 17.8. The summed E-state index contributed by atoms with van der Waals surface area (Å²) in [5.74, 6) is 0. The molecule has 0 amide bonds. The second-order valence-electron chi connectivity index (χ2n) is 8.37. The van der Waals surface area contributed by atoms with Gasteiger partial charge in [-0.3, -0.25) is 4.98 Å². The van der Waals surface area contributed by atoms with Crippen molar-refractivity contribution in [2.45, 2.75) is 36.9 Å². The topological polar surface area (TPSA) is 116 Å². The van der Waals surface area contributed by atoms with Crippen molar-refractivity contribution < 1.29 is 29.6 Å². The monoisotopic (exact) mass is 447 g/mol. The highest BCUT2D eigenvalue weighted by Gasteiger charge is 2.43. The first-order chi connectivity index (χ1) is 16.0. The van der Waals surface area contributed by atoms with Crippen LogP contribution in [0.2, 0.25) is 0 Å². The molecule has 7 heteroatoms. The van der Waals surface area contributed by atoms with Crippen LogP contribution >= 0.6 is 0 Å². The highest BCUT2D eigenvalue weighted by atomic mass is 16.5. The van der Waals surface area contributed by atoms with E-state index in [9.17, 15) is 20.4 Å². The summed E-state index contributed by atoms with van der Waals surface area (Å²) in [4.78, 5) is 4.58. The molecule has 0 bridgehead atoms. The van der Waals surface area contributed by atoms with Gasteiger partial charge in [0.2, 0.25) is 0 Å². The lowest BCUT2D eigenvalue weighted by atomic mass is 9.90. The molecule has 1 fully saturated rings. The van der Waals surface area contributed by atoms with E-state index < -0.39 is 37.1 Å². The van der Waals surface area contributed by atoms with E-state index >= 15 is 0 Å². The first kappa shape index (κ1) is 21.8. The fourth-order valence-corrected chi connectivity index (χ4v) is 4.39. The number of pyridine rings is 1. The average Bonchev–Trinajstić information content (AvgIpc) is 3.38. The lowest BCUT2D eigenvalue weighted by Gasteiger charge is -2.40. The van der Waals surface area contributed by atoms with Crippen molar-refractivity contribution in [3.63, 3.8) is 0 Å². The van der Waals surface area contributed by atoms with Crippen LogP contribution in [0.25, 0.3) is 21.9 Å². The Bertz CT molecular complexity index is 1220. The molecule has 1 saturated heterocycles. The van der Waals surface area contributed by atoms with E-state index in [1.807, 2.05) is 30.3 Å². The average molecular weight is 447 g/mol. The van der Waals surface area contributed by atoms with Crippen molar-refractivity contribution >= 4 is 10.8 Å². The van der Waals surface area contributed by atoms with Gasteiger partial charge in [-0.2, -0.15) is 0 Å². The normalized spacial score (nSPS) is 25.4. The third kappa shape index (κ3) is 4.17. The standard InChI is InChI=1S/C26H25NO6/c28-13-22-23(29)24(30)25(31)26(33-22)18-5-6-20-17(12-18)7-9-27-21(20)11-15-1-3-16(4-2-15)19-8-10-32-14-19/h1-10,12,14,22-26,28-31H,11,13H2/t22-,23-,24+,25-,26+/m1/s1. The third-order valence-corrected chi connectivity index (χ3v) is 6.27. The minimum absolute atomic E-state index is 0.456. The zero-order valence-electron chi connectivity index (χ0n) is 17.8. The van der Waals surface area contributed by atoms with Gasteiger partial charge in [-0.25, -0.2) is 0 Å². The van der Waals surface area contributed by atoms with Gasteiger partial charge in [0.15, 0.2) is 0 Å². The summed E-state index contributed by atoms with van der Waals surface area (Å²) in [5, 5.41) is 42.0. The summed E-state index contributed by atoms with van der Waals surface area (Å²) in [5.41, 5.74) is 4.82. The Morgan fingerprint density at radius 2 is 1.67 bits per heavy atom. The summed E-state index contributed by atoms with van der Waals surface area (Å²) in [7, 11) is 0. The molecule has 0 aliphatic carbocycles. The molecular formula is C26H25NO6. The molecule has 5 rings (SSSR count). The quantitative estimate of drug-likeness (QED) is 0.372. The summed E-state index contributed by atoms with van der Waals surface area (Å²) >= 11 is 0. The number of aromatic nitrogens is 1. The van der Waals surface area contributed by atoms with Crippen molar-refractivity contribution in [1.29, 1.82) is 0 Å². The molecule has 7 nitrogen and oxygen atoms in total. The highest BCUT2D eigenvalue weighted by Crippen LogP contribution is 2.34. The van der Waals surface area contributed by atoms with Crippen molar-refractivity contribution in [1.82, 2.24) is 4.98 Å². The van der Waals surface area contributed by atoms with Crippen LogP contribution in [0.1, 0.15) is 22.9 Å². The molecule has 1 aliphatic rings. The summed E-state index contributed by atoms with van der Waals surface area (Å²) < 4.78 is 10.9. The maximum atomic E-state index is 10.5. The molecule has 0 unspecified atom stereocenters. The van der Waals surface area contributed by atoms with E-state index in [2.05, 4.69) is 29.2 Å². The molecule has 0 spiro atoms. The van der Waals surface area contributed by atoms with Gasteiger partial charge in [0.1, 0.15) is 30.5 Å². The fraction of sp³-hybridized carbons (Fsp3) is 0.269. The van der Waals surface area contributed by atoms with Gasteiger partial charge in [0, 0.05) is 23.6 Å². The molecule has 0 radical (unpaired) electrons. The molecule has 5 atom stereocenters. The molecule has 3 heterocycles. The number of ether oxygens (including phenoxy) is 1. The van der Waals surface area contributed by atoms with Gasteiger partial charge >= 0.3 is 0 Å². The van der Waals surface area contributed by atoms with E-state index in [4.69, 9.17) is 9.15 Å². The first-order valence-corrected chi connectivity index (χ1v) is 10.8. The molecule has 0 saturated carbocycles. The van der Waals surface area contributed by atoms with Gasteiger partial charge in [-0.05, 0) is 40.3 Å². The maximum absolute atomic E-state index is 10.5. The van der Waals surface area contributed by atoms with E-state index in [0.717, 1.165) is 33.2 Å². The number of benzene rings is 2. The predicted molar refractivity (Wildman–Crippen MR) is 121 cm³/mol. The van der Waals surface area contributed by atoms with Crippen LogP contribution in [0, 0.1) is 0 Å². The molecule has 33 heavy (non-hydrogen) atoms. The molecular weight excluding hydrogens is 422 g/mol. The maximum Gasteiger partial charge on any atom is 0.113 e. The minimum atomic E-state index is -1.41. The highest BCUT2D eigenvalue weighted by molar-refractivity contribution is 5.85.